The van der Waals surface area contributed by atoms with E-state index in [1.165, 1.54) is 28.0 Å². The van der Waals surface area contributed by atoms with E-state index in [9.17, 15) is 4.79 Å². The molecule has 0 unspecified atom stereocenters. The van der Waals surface area contributed by atoms with Crippen LogP contribution in [0.5, 0.6) is 0 Å². The summed E-state index contributed by atoms with van der Waals surface area (Å²) >= 11 is 3.16. The van der Waals surface area contributed by atoms with Gasteiger partial charge in [0.1, 0.15) is 5.69 Å². The summed E-state index contributed by atoms with van der Waals surface area (Å²) in [4.78, 5) is 19.8. The molecule has 0 aliphatic carbocycles. The highest BCUT2D eigenvalue weighted by atomic mass is 32.2. The van der Waals surface area contributed by atoms with Crippen LogP contribution in [0.4, 0.5) is 0 Å². The van der Waals surface area contributed by atoms with E-state index >= 15 is 0 Å². The molecule has 6 heteroatoms. The van der Waals surface area contributed by atoms with Gasteiger partial charge >= 0.3 is 0 Å². The van der Waals surface area contributed by atoms with Crippen LogP contribution in [0, 0.1) is 17.2 Å². The Morgan fingerprint density at radius 3 is 1.94 bits per heavy atom. The van der Waals surface area contributed by atoms with E-state index < -0.39 is 4.75 Å². The van der Waals surface area contributed by atoms with E-state index in [1.807, 2.05) is 24.3 Å². The van der Waals surface area contributed by atoms with Crippen molar-refractivity contribution >= 4 is 35.1 Å². The van der Waals surface area contributed by atoms with Crippen molar-refractivity contribution in [2.24, 2.45) is 5.92 Å². The van der Waals surface area contributed by atoms with Gasteiger partial charge < -0.3 is 4.90 Å². The molecule has 2 heterocycles. The normalized spacial score (nSPS) is 14.0. The van der Waals surface area contributed by atoms with Gasteiger partial charge in [0, 0.05) is 13.1 Å². The first-order valence-electron chi connectivity index (χ1n) is 11.4. The Morgan fingerprint density at radius 1 is 0.943 bits per heavy atom. The fourth-order valence-electron chi connectivity index (χ4n) is 4.33. The fourth-order valence-corrected chi connectivity index (χ4v) is 6.31. The number of hydrogen-bond acceptors (Lipinski definition) is 5. The van der Waals surface area contributed by atoms with Crippen LogP contribution in [0.1, 0.15) is 32.1 Å². The molecule has 1 fully saturated rings. The summed E-state index contributed by atoms with van der Waals surface area (Å²) < 4.78 is -0.466. The van der Waals surface area contributed by atoms with Crippen molar-refractivity contribution in [3.05, 3.63) is 129 Å². The number of rotatable bonds is 7. The molecule has 35 heavy (non-hydrogen) atoms. The third-order valence-electron chi connectivity index (χ3n) is 6.15. The second-order valence-corrected chi connectivity index (χ2v) is 10.3. The zero-order valence-electron chi connectivity index (χ0n) is 19.0. The minimum atomic E-state index is -0.466. The van der Waals surface area contributed by atoms with Crippen LogP contribution in [0.15, 0.2) is 102 Å². The zero-order chi connectivity index (χ0) is 24.1. The average Bonchev–Trinajstić information content (AvgIpc) is 3.36. The highest BCUT2D eigenvalue weighted by Crippen LogP contribution is 2.49. The highest BCUT2D eigenvalue weighted by Gasteiger charge is 2.36. The van der Waals surface area contributed by atoms with Gasteiger partial charge in [-0.05, 0) is 28.2 Å². The largest absolute Gasteiger partial charge is 0.334 e. The molecule has 0 radical (unpaired) electrons. The van der Waals surface area contributed by atoms with Crippen LogP contribution in [0.2, 0.25) is 0 Å². The van der Waals surface area contributed by atoms with Crippen LogP contribution in [0.25, 0.3) is 6.08 Å². The number of thiazole rings is 1. The lowest BCUT2D eigenvalue weighted by Gasteiger charge is -2.35. The third-order valence-corrected chi connectivity index (χ3v) is 8.28. The van der Waals surface area contributed by atoms with Crippen molar-refractivity contribution in [3.63, 3.8) is 0 Å². The summed E-state index contributed by atoms with van der Waals surface area (Å²) in [6.07, 6.45) is 1.99. The van der Waals surface area contributed by atoms with Crippen molar-refractivity contribution in [2.75, 3.05) is 13.1 Å². The van der Waals surface area contributed by atoms with E-state index in [0.717, 1.165) is 4.88 Å². The number of aromatic nitrogens is 1. The van der Waals surface area contributed by atoms with Crippen LogP contribution in [-0.2, 0) is 4.75 Å². The van der Waals surface area contributed by atoms with Gasteiger partial charge in [0.05, 0.1) is 27.1 Å². The molecule has 1 aliphatic rings. The Hall–Kier alpha value is -3.66. The SMILES string of the molecule is N#CC1CN(C(=O)c2ncsc2C=CSC(c2ccccc2)(c2ccccc2)c2ccccc2)C1. The first-order chi connectivity index (χ1) is 17.2. The van der Waals surface area contributed by atoms with Gasteiger partial charge in [0.25, 0.3) is 5.91 Å². The van der Waals surface area contributed by atoms with Gasteiger partial charge in [0.15, 0.2) is 0 Å². The second-order valence-electron chi connectivity index (χ2n) is 8.30. The first kappa shape index (κ1) is 23.1. The molecule has 172 valence electrons. The number of nitriles is 1. The molecule has 0 atom stereocenters. The van der Waals surface area contributed by atoms with Gasteiger partial charge in [-0.25, -0.2) is 4.98 Å². The van der Waals surface area contributed by atoms with Crippen LogP contribution in [-0.4, -0.2) is 28.9 Å². The van der Waals surface area contributed by atoms with Crippen LogP contribution in [0.3, 0.4) is 0 Å². The molecule has 5 rings (SSSR count). The van der Waals surface area contributed by atoms with Gasteiger partial charge in [0.2, 0.25) is 0 Å². The lowest BCUT2D eigenvalue weighted by molar-refractivity contribution is 0.0572. The van der Waals surface area contributed by atoms with E-state index in [1.54, 1.807) is 22.2 Å². The molecule has 4 aromatic rings. The fraction of sp³-hybridized carbons (Fsp3) is 0.138. The van der Waals surface area contributed by atoms with E-state index in [0.29, 0.717) is 18.8 Å². The van der Waals surface area contributed by atoms with E-state index in [4.69, 9.17) is 5.26 Å². The Balaban J connectivity index is 1.51. The summed E-state index contributed by atoms with van der Waals surface area (Å²) in [6.45, 7) is 0.952. The van der Waals surface area contributed by atoms with Gasteiger partial charge in [-0.15, -0.1) is 23.1 Å². The molecule has 3 aromatic carbocycles. The van der Waals surface area contributed by atoms with Crippen molar-refractivity contribution in [1.82, 2.24) is 9.88 Å². The van der Waals surface area contributed by atoms with Crippen molar-refractivity contribution < 1.29 is 4.79 Å². The number of likely N-dealkylation sites (tertiary alicyclic amines) is 1. The smallest absolute Gasteiger partial charge is 0.274 e. The summed E-state index contributed by atoms with van der Waals surface area (Å²) in [5, 5.41) is 11.1. The maximum atomic E-state index is 12.9. The number of hydrogen-bond donors (Lipinski definition) is 0. The van der Waals surface area contributed by atoms with Gasteiger partial charge in [-0.2, -0.15) is 5.26 Å². The molecule has 0 N–H and O–H groups in total. The average molecular weight is 494 g/mol. The molecule has 0 spiro atoms. The Bertz CT molecular complexity index is 1260. The first-order valence-corrected chi connectivity index (χ1v) is 13.1. The minimum Gasteiger partial charge on any atom is -0.334 e. The van der Waals surface area contributed by atoms with Crippen LogP contribution >= 0.6 is 23.1 Å². The summed E-state index contributed by atoms with van der Waals surface area (Å²) in [6, 6.07) is 33.7. The predicted molar refractivity (Wildman–Crippen MR) is 143 cm³/mol. The number of carbonyl (C=O) groups excluding carboxylic acids is 1. The van der Waals surface area contributed by atoms with Crippen molar-refractivity contribution in [3.8, 4) is 6.07 Å². The number of thioether (sulfide) groups is 1. The number of nitrogens with zero attached hydrogens (tertiary/aromatic N) is 3. The Kier molecular flexibility index (Phi) is 6.80. The number of amides is 1. The lowest BCUT2D eigenvalue weighted by Crippen LogP contribution is -2.49. The van der Waals surface area contributed by atoms with Crippen molar-refractivity contribution in [2.45, 2.75) is 4.75 Å². The standard InChI is InChI=1S/C29H23N3OS2/c30-18-22-19-32(20-22)28(33)27-26(34-21-31-27)16-17-35-29(23-10-4-1-5-11-23,24-12-6-2-7-13-24)25-14-8-3-9-15-25/h1-17,21-22H,19-20H2. The van der Waals surface area contributed by atoms with E-state index in [-0.39, 0.29) is 11.8 Å². The third kappa shape index (κ3) is 4.53. The lowest BCUT2D eigenvalue weighted by atomic mass is 9.84. The predicted octanol–water partition coefficient (Wildman–Crippen LogP) is 6.43. The number of carbonyl (C=O) groups is 1. The summed E-state index contributed by atoms with van der Waals surface area (Å²) in [5.41, 5.74) is 5.69. The molecule has 0 bridgehead atoms. The summed E-state index contributed by atoms with van der Waals surface area (Å²) in [5.74, 6) is -0.182. The Morgan fingerprint density at radius 2 is 1.46 bits per heavy atom. The molecule has 1 amide bonds. The van der Waals surface area contributed by atoms with Gasteiger partial charge in [-0.1, -0.05) is 91.0 Å². The molecule has 1 saturated heterocycles. The maximum Gasteiger partial charge on any atom is 0.274 e. The quantitative estimate of drug-likeness (QED) is 0.278. The zero-order valence-corrected chi connectivity index (χ0v) is 20.6. The molecule has 1 aromatic heterocycles. The molecular weight excluding hydrogens is 470 g/mol. The molecular formula is C29H23N3OS2. The molecule has 1 aliphatic heterocycles. The molecule has 0 saturated carbocycles. The number of benzene rings is 3. The molecule has 4 nitrogen and oxygen atoms in total. The van der Waals surface area contributed by atoms with Gasteiger partial charge in [-0.3, -0.25) is 4.79 Å². The maximum absolute atomic E-state index is 12.9. The van der Waals surface area contributed by atoms with Crippen LogP contribution < -0.4 is 0 Å². The topological polar surface area (TPSA) is 57.0 Å². The van der Waals surface area contributed by atoms with E-state index in [2.05, 4.69) is 89.3 Å². The highest BCUT2D eigenvalue weighted by molar-refractivity contribution is 8.03. The monoisotopic (exact) mass is 493 g/mol. The minimum absolute atomic E-state index is 0.0737. The summed E-state index contributed by atoms with van der Waals surface area (Å²) in [7, 11) is 0. The van der Waals surface area contributed by atoms with Crippen molar-refractivity contribution in [1.29, 1.82) is 5.26 Å². The second kappa shape index (κ2) is 10.3. The Labute approximate surface area is 213 Å².